The molecule has 19 heavy (non-hydrogen) atoms. The molecule has 1 heterocycles. The molecule has 1 aromatic carbocycles. The van der Waals surface area contributed by atoms with Crippen LogP contribution in [0.25, 0.3) is 0 Å². The third kappa shape index (κ3) is 2.85. The largest absolute Gasteiger partial charge is 0.398 e. The molecular weight excluding hydrogens is 275 g/mol. The van der Waals surface area contributed by atoms with Gasteiger partial charge < -0.3 is 5.73 Å². The molecule has 10 heteroatoms. The zero-order chi connectivity index (χ0) is 14.0. The van der Waals surface area contributed by atoms with Gasteiger partial charge >= 0.3 is 0 Å². The minimum Gasteiger partial charge on any atom is -0.398 e. The first kappa shape index (κ1) is 13.4. The first-order valence-electron chi connectivity index (χ1n) is 5.18. The van der Waals surface area contributed by atoms with Crippen molar-refractivity contribution >= 4 is 15.7 Å². The number of sulfonamides is 1. The summed E-state index contributed by atoms with van der Waals surface area (Å²) < 4.78 is 39.7. The number of nitrogens with two attached hydrogens (primary N) is 1. The predicted octanol–water partition coefficient (Wildman–Crippen LogP) is -0.292. The van der Waals surface area contributed by atoms with Gasteiger partial charge in [0.2, 0.25) is 10.0 Å². The Balaban J connectivity index is 2.27. The van der Waals surface area contributed by atoms with E-state index in [0.717, 1.165) is 12.1 Å². The van der Waals surface area contributed by atoms with E-state index in [-0.39, 0.29) is 18.1 Å². The molecule has 0 aliphatic heterocycles. The molecule has 0 atom stereocenters. The number of hydrogen-bond donors (Lipinski definition) is 3. The third-order valence-corrected chi connectivity index (χ3v) is 3.84. The van der Waals surface area contributed by atoms with Gasteiger partial charge in [-0.15, -0.1) is 10.2 Å². The molecule has 0 spiro atoms. The molecule has 2 rings (SSSR count). The van der Waals surface area contributed by atoms with Crippen LogP contribution in [0.3, 0.4) is 0 Å². The summed E-state index contributed by atoms with van der Waals surface area (Å²) in [5.41, 5.74) is 6.24. The van der Waals surface area contributed by atoms with E-state index in [9.17, 15) is 12.8 Å². The Kier molecular flexibility index (Phi) is 3.44. The monoisotopic (exact) mass is 286 g/mol. The smallest absolute Gasteiger partial charge is 0.243 e. The number of H-pyrrole nitrogens is 1. The van der Waals surface area contributed by atoms with Gasteiger partial charge in [0, 0.05) is 5.69 Å². The molecule has 0 aliphatic carbocycles. The van der Waals surface area contributed by atoms with Crippen LogP contribution >= 0.6 is 0 Å². The molecule has 0 fully saturated rings. The lowest BCUT2D eigenvalue weighted by Gasteiger charge is -2.08. The second kappa shape index (κ2) is 4.90. The van der Waals surface area contributed by atoms with Gasteiger partial charge in [0.05, 0.1) is 6.54 Å². The van der Waals surface area contributed by atoms with E-state index in [1.807, 2.05) is 0 Å². The molecule has 0 saturated carbocycles. The van der Waals surface area contributed by atoms with E-state index in [1.165, 1.54) is 0 Å². The van der Waals surface area contributed by atoms with Crippen molar-refractivity contribution in [3.63, 3.8) is 0 Å². The first-order chi connectivity index (χ1) is 8.90. The number of aromatic amines is 1. The average molecular weight is 286 g/mol. The van der Waals surface area contributed by atoms with E-state index in [2.05, 4.69) is 25.3 Å². The summed E-state index contributed by atoms with van der Waals surface area (Å²) in [5.74, 6) is -0.726. The molecule has 2 aromatic rings. The Bertz CT molecular complexity index is 685. The van der Waals surface area contributed by atoms with Gasteiger partial charge in [0.15, 0.2) is 5.82 Å². The number of hydrogen-bond acceptors (Lipinski definition) is 6. The SMILES string of the molecule is Cc1cc(F)c(S(=O)(=O)NCc2nn[nH]n2)cc1N. The molecule has 0 radical (unpaired) electrons. The van der Waals surface area contributed by atoms with Crippen LogP contribution in [0.4, 0.5) is 10.1 Å². The highest BCUT2D eigenvalue weighted by Crippen LogP contribution is 2.21. The van der Waals surface area contributed by atoms with Crippen molar-refractivity contribution in [3.05, 3.63) is 29.3 Å². The number of nitrogen functional groups attached to an aromatic ring is 1. The number of aromatic nitrogens is 4. The fraction of sp³-hybridized carbons (Fsp3) is 0.222. The third-order valence-electron chi connectivity index (χ3n) is 2.42. The van der Waals surface area contributed by atoms with E-state index in [0.29, 0.717) is 5.56 Å². The maximum absolute atomic E-state index is 13.7. The minimum atomic E-state index is -4.03. The fourth-order valence-electron chi connectivity index (χ4n) is 1.37. The highest BCUT2D eigenvalue weighted by molar-refractivity contribution is 7.89. The van der Waals surface area contributed by atoms with Crippen LogP contribution in [0, 0.1) is 12.7 Å². The van der Waals surface area contributed by atoms with Gasteiger partial charge in [-0.1, -0.05) is 5.21 Å². The van der Waals surface area contributed by atoms with Crippen LogP contribution in [0.5, 0.6) is 0 Å². The average Bonchev–Trinajstić information content (AvgIpc) is 2.84. The van der Waals surface area contributed by atoms with E-state index >= 15 is 0 Å². The lowest BCUT2D eigenvalue weighted by atomic mass is 10.2. The standard InChI is InChI=1S/C9H11FN6O2S/c1-5-2-6(10)8(3-7(5)11)19(17,18)12-4-9-13-15-16-14-9/h2-3,12H,4,11H2,1H3,(H,13,14,15,16). The van der Waals surface area contributed by atoms with Crippen LogP contribution in [0.2, 0.25) is 0 Å². The minimum absolute atomic E-state index is 0.143. The molecule has 0 bridgehead atoms. The number of anilines is 1. The van der Waals surface area contributed by atoms with Gasteiger partial charge in [-0.3, -0.25) is 0 Å². The Hall–Kier alpha value is -2.07. The summed E-state index contributed by atoms with van der Waals surface area (Å²) >= 11 is 0. The number of halogens is 1. The lowest BCUT2D eigenvalue weighted by molar-refractivity contribution is 0.555. The van der Waals surface area contributed by atoms with Gasteiger partial charge in [0.1, 0.15) is 10.7 Å². The molecule has 0 amide bonds. The van der Waals surface area contributed by atoms with Crippen LogP contribution in [0.1, 0.15) is 11.4 Å². The molecular formula is C9H11FN6O2S. The highest BCUT2D eigenvalue weighted by atomic mass is 32.2. The fourth-order valence-corrected chi connectivity index (χ4v) is 2.44. The maximum atomic E-state index is 13.7. The number of nitrogens with one attached hydrogen (secondary N) is 2. The van der Waals surface area contributed by atoms with Crippen LogP contribution < -0.4 is 10.5 Å². The number of aryl methyl sites for hydroxylation is 1. The highest BCUT2D eigenvalue weighted by Gasteiger charge is 2.20. The van der Waals surface area contributed by atoms with Gasteiger partial charge in [-0.25, -0.2) is 17.5 Å². The summed E-state index contributed by atoms with van der Waals surface area (Å²) in [4.78, 5) is -0.515. The normalized spacial score (nSPS) is 11.7. The zero-order valence-corrected chi connectivity index (χ0v) is 10.7. The zero-order valence-electron chi connectivity index (χ0n) is 9.88. The topological polar surface area (TPSA) is 127 Å². The van der Waals surface area contributed by atoms with Crippen LogP contribution in [0.15, 0.2) is 17.0 Å². The number of rotatable bonds is 4. The van der Waals surface area contributed by atoms with Gasteiger partial charge in [0.25, 0.3) is 0 Å². The molecule has 1 aromatic heterocycles. The first-order valence-corrected chi connectivity index (χ1v) is 6.66. The van der Waals surface area contributed by atoms with E-state index < -0.39 is 20.7 Å². The van der Waals surface area contributed by atoms with Crippen molar-refractivity contribution in [2.75, 3.05) is 5.73 Å². The second-order valence-electron chi connectivity index (χ2n) is 3.79. The van der Waals surface area contributed by atoms with Gasteiger partial charge in [-0.2, -0.15) is 5.21 Å². The quantitative estimate of drug-likeness (QED) is 0.663. The lowest BCUT2D eigenvalue weighted by Crippen LogP contribution is -2.25. The summed E-state index contributed by atoms with van der Waals surface area (Å²) in [6, 6.07) is 2.14. The Labute approximate surface area is 108 Å². The van der Waals surface area contributed by atoms with Gasteiger partial charge in [-0.05, 0) is 24.6 Å². The van der Waals surface area contributed by atoms with Crippen LogP contribution in [-0.4, -0.2) is 29.0 Å². The second-order valence-corrected chi connectivity index (χ2v) is 5.53. The molecule has 0 saturated heterocycles. The summed E-state index contributed by atoms with van der Waals surface area (Å²) in [6.45, 7) is 1.38. The molecule has 8 nitrogen and oxygen atoms in total. The van der Waals surface area contributed by atoms with Crippen molar-refractivity contribution in [1.29, 1.82) is 0 Å². The summed E-state index contributed by atoms with van der Waals surface area (Å²) in [7, 11) is -4.03. The molecule has 0 aliphatic rings. The van der Waals surface area contributed by atoms with Crippen molar-refractivity contribution in [2.24, 2.45) is 0 Å². The molecule has 102 valence electrons. The van der Waals surface area contributed by atoms with E-state index in [1.54, 1.807) is 6.92 Å². The Morgan fingerprint density at radius 3 is 2.84 bits per heavy atom. The Morgan fingerprint density at radius 2 is 2.21 bits per heavy atom. The summed E-state index contributed by atoms with van der Waals surface area (Å²) in [6.07, 6.45) is 0. The number of tetrazole rings is 1. The number of nitrogens with zero attached hydrogens (tertiary/aromatic N) is 3. The predicted molar refractivity (Wildman–Crippen MR) is 63.8 cm³/mol. The summed E-state index contributed by atoms with van der Waals surface area (Å²) in [5, 5.41) is 12.6. The van der Waals surface area contributed by atoms with Crippen LogP contribution in [-0.2, 0) is 16.6 Å². The Morgan fingerprint density at radius 1 is 1.47 bits per heavy atom. The van der Waals surface area contributed by atoms with Crippen molar-refractivity contribution < 1.29 is 12.8 Å². The van der Waals surface area contributed by atoms with Crippen molar-refractivity contribution in [3.8, 4) is 0 Å². The van der Waals surface area contributed by atoms with Crippen molar-refractivity contribution in [1.82, 2.24) is 25.3 Å². The van der Waals surface area contributed by atoms with E-state index in [4.69, 9.17) is 5.73 Å². The van der Waals surface area contributed by atoms with Crippen molar-refractivity contribution in [2.45, 2.75) is 18.4 Å². The maximum Gasteiger partial charge on any atom is 0.243 e. The molecule has 0 unspecified atom stereocenters. The number of benzene rings is 1. The molecule has 4 N–H and O–H groups in total.